The van der Waals surface area contributed by atoms with E-state index in [-0.39, 0.29) is 0 Å². The van der Waals surface area contributed by atoms with Crippen molar-refractivity contribution in [3.05, 3.63) is 83.2 Å². The summed E-state index contributed by atoms with van der Waals surface area (Å²) >= 11 is 0. The largest absolute Gasteiger partial charge is 0.322 e. The van der Waals surface area contributed by atoms with Gasteiger partial charge in [0.15, 0.2) is 0 Å². The van der Waals surface area contributed by atoms with Gasteiger partial charge in [-0.15, -0.1) is 5.92 Å². The molecule has 0 aliphatic heterocycles. The molecule has 1 heteroatoms. The van der Waals surface area contributed by atoms with E-state index in [1.54, 1.807) is 0 Å². The summed E-state index contributed by atoms with van der Waals surface area (Å²) in [6, 6.07) is 13.1. The van der Waals surface area contributed by atoms with Gasteiger partial charge in [0.2, 0.25) is 0 Å². The first-order valence-corrected chi connectivity index (χ1v) is 8.90. The quantitative estimate of drug-likeness (QED) is 0.482. The van der Waals surface area contributed by atoms with E-state index in [9.17, 15) is 0 Å². The highest BCUT2D eigenvalue weighted by molar-refractivity contribution is 5.75. The van der Waals surface area contributed by atoms with Crippen LogP contribution in [0.4, 0.5) is 0 Å². The Morgan fingerprint density at radius 3 is 2.31 bits per heavy atom. The SMILES string of the molecule is C=C(C)c1ccc(-n2cc(C#CC)c(-c3ccc(C)cc3C)c2)cc1C. The molecule has 0 N–H and O–H groups in total. The van der Waals surface area contributed by atoms with Gasteiger partial charge in [-0.25, -0.2) is 0 Å². The zero-order valence-corrected chi connectivity index (χ0v) is 16.3. The average molecular weight is 339 g/mol. The zero-order valence-electron chi connectivity index (χ0n) is 16.3. The summed E-state index contributed by atoms with van der Waals surface area (Å²) in [6.07, 6.45) is 4.31. The predicted molar refractivity (Wildman–Crippen MR) is 113 cm³/mol. The van der Waals surface area contributed by atoms with Gasteiger partial charge in [0, 0.05) is 23.6 Å². The second-order valence-corrected chi connectivity index (χ2v) is 6.97. The lowest BCUT2D eigenvalue weighted by Gasteiger charge is -2.09. The van der Waals surface area contributed by atoms with Crippen LogP contribution in [-0.4, -0.2) is 4.57 Å². The smallest absolute Gasteiger partial charge is 0.0504 e. The number of aryl methyl sites for hydroxylation is 3. The molecule has 1 aromatic heterocycles. The number of nitrogens with zero attached hydrogens (tertiary/aromatic N) is 1. The first kappa shape index (κ1) is 17.8. The third-order valence-electron chi connectivity index (χ3n) is 4.73. The monoisotopic (exact) mass is 339 g/mol. The maximum absolute atomic E-state index is 4.06. The van der Waals surface area contributed by atoms with E-state index in [2.05, 4.69) is 92.6 Å². The summed E-state index contributed by atoms with van der Waals surface area (Å²) in [6.45, 7) is 14.4. The van der Waals surface area contributed by atoms with Crippen molar-refractivity contribution in [2.75, 3.05) is 0 Å². The standard InChI is InChI=1S/C25H25N/c1-7-8-21-15-26(22-10-12-23(17(2)3)20(6)14-22)16-25(21)24-11-9-18(4)13-19(24)5/h9-16H,2H2,1,3-6H3. The molecule has 1 nitrogen and oxygen atoms in total. The number of hydrogen-bond donors (Lipinski definition) is 0. The lowest BCUT2D eigenvalue weighted by atomic mass is 9.98. The molecule has 130 valence electrons. The lowest BCUT2D eigenvalue weighted by molar-refractivity contribution is 1.07. The fraction of sp³-hybridized carbons (Fsp3) is 0.200. The zero-order chi connectivity index (χ0) is 18.8. The molecule has 0 atom stereocenters. The van der Waals surface area contributed by atoms with Gasteiger partial charge >= 0.3 is 0 Å². The fourth-order valence-corrected chi connectivity index (χ4v) is 3.46. The highest BCUT2D eigenvalue weighted by Gasteiger charge is 2.12. The van der Waals surface area contributed by atoms with Crippen molar-refractivity contribution < 1.29 is 0 Å². The average Bonchev–Trinajstić information content (AvgIpc) is 2.98. The third kappa shape index (κ3) is 3.37. The van der Waals surface area contributed by atoms with Gasteiger partial charge in [-0.2, -0.15) is 0 Å². The van der Waals surface area contributed by atoms with Crippen LogP contribution in [0.5, 0.6) is 0 Å². The number of rotatable bonds is 3. The van der Waals surface area contributed by atoms with Gasteiger partial charge in [-0.1, -0.05) is 47.9 Å². The van der Waals surface area contributed by atoms with Crippen LogP contribution in [0, 0.1) is 32.6 Å². The molecular weight excluding hydrogens is 314 g/mol. The first-order valence-electron chi connectivity index (χ1n) is 8.90. The highest BCUT2D eigenvalue weighted by atomic mass is 14.9. The molecule has 26 heavy (non-hydrogen) atoms. The molecule has 3 aromatic rings. The molecule has 0 unspecified atom stereocenters. The van der Waals surface area contributed by atoms with Gasteiger partial charge in [0.05, 0.1) is 5.56 Å². The molecule has 0 amide bonds. The fourth-order valence-electron chi connectivity index (χ4n) is 3.46. The Hall–Kier alpha value is -2.98. The maximum atomic E-state index is 4.06. The molecule has 0 aliphatic rings. The Morgan fingerprint density at radius 1 is 0.923 bits per heavy atom. The van der Waals surface area contributed by atoms with Crippen molar-refractivity contribution in [1.82, 2.24) is 4.57 Å². The summed E-state index contributed by atoms with van der Waals surface area (Å²) in [5.74, 6) is 6.32. The summed E-state index contributed by atoms with van der Waals surface area (Å²) in [4.78, 5) is 0. The van der Waals surface area contributed by atoms with E-state index in [1.807, 2.05) is 13.8 Å². The molecule has 0 radical (unpaired) electrons. The third-order valence-corrected chi connectivity index (χ3v) is 4.73. The van der Waals surface area contributed by atoms with E-state index in [0.717, 1.165) is 16.8 Å². The van der Waals surface area contributed by atoms with E-state index >= 15 is 0 Å². The van der Waals surface area contributed by atoms with Gasteiger partial charge in [-0.3, -0.25) is 0 Å². The Morgan fingerprint density at radius 2 is 1.69 bits per heavy atom. The van der Waals surface area contributed by atoms with Crippen molar-refractivity contribution >= 4 is 5.57 Å². The van der Waals surface area contributed by atoms with E-state index in [0.29, 0.717) is 0 Å². The molecule has 1 heterocycles. The molecule has 3 rings (SSSR count). The van der Waals surface area contributed by atoms with Crippen molar-refractivity contribution in [3.8, 4) is 28.7 Å². The van der Waals surface area contributed by atoms with Gasteiger partial charge in [0.1, 0.15) is 0 Å². The second-order valence-electron chi connectivity index (χ2n) is 6.97. The van der Waals surface area contributed by atoms with Crippen LogP contribution in [0.2, 0.25) is 0 Å². The van der Waals surface area contributed by atoms with Gasteiger partial charge < -0.3 is 4.57 Å². The van der Waals surface area contributed by atoms with Crippen LogP contribution >= 0.6 is 0 Å². The number of benzene rings is 2. The van der Waals surface area contributed by atoms with E-state index < -0.39 is 0 Å². The van der Waals surface area contributed by atoms with E-state index in [4.69, 9.17) is 0 Å². The summed E-state index contributed by atoms with van der Waals surface area (Å²) in [5.41, 5.74) is 10.7. The molecular formula is C25H25N. The minimum atomic E-state index is 1.06. The van der Waals surface area contributed by atoms with E-state index in [1.165, 1.54) is 33.4 Å². The normalized spacial score (nSPS) is 10.3. The summed E-state index contributed by atoms with van der Waals surface area (Å²) in [7, 11) is 0. The molecule has 0 bridgehead atoms. The van der Waals surface area contributed by atoms with Crippen molar-refractivity contribution in [2.24, 2.45) is 0 Å². The van der Waals surface area contributed by atoms with Crippen LogP contribution in [0.15, 0.2) is 55.4 Å². The molecule has 0 fully saturated rings. The minimum absolute atomic E-state index is 1.06. The Bertz CT molecular complexity index is 1050. The van der Waals surface area contributed by atoms with Crippen molar-refractivity contribution in [3.63, 3.8) is 0 Å². The van der Waals surface area contributed by atoms with Crippen LogP contribution < -0.4 is 0 Å². The Labute approximate surface area is 157 Å². The van der Waals surface area contributed by atoms with Crippen LogP contribution in [0.1, 0.15) is 41.7 Å². The van der Waals surface area contributed by atoms with Crippen LogP contribution in [0.3, 0.4) is 0 Å². The number of hydrogen-bond acceptors (Lipinski definition) is 0. The molecule has 0 spiro atoms. The molecule has 0 aliphatic carbocycles. The topological polar surface area (TPSA) is 4.93 Å². The van der Waals surface area contributed by atoms with Gasteiger partial charge in [-0.05, 0) is 69.0 Å². The first-order chi connectivity index (χ1) is 12.4. The predicted octanol–water partition coefficient (Wildman–Crippen LogP) is 6.47. The number of aromatic nitrogens is 1. The van der Waals surface area contributed by atoms with Crippen LogP contribution in [-0.2, 0) is 0 Å². The van der Waals surface area contributed by atoms with Gasteiger partial charge in [0.25, 0.3) is 0 Å². The maximum Gasteiger partial charge on any atom is 0.0504 e. The highest BCUT2D eigenvalue weighted by Crippen LogP contribution is 2.30. The number of allylic oxidation sites excluding steroid dienone is 1. The molecule has 2 aromatic carbocycles. The van der Waals surface area contributed by atoms with Crippen LogP contribution in [0.25, 0.3) is 22.4 Å². The molecule has 0 saturated carbocycles. The molecule has 0 saturated heterocycles. The lowest BCUT2D eigenvalue weighted by Crippen LogP contribution is -1.93. The summed E-state index contributed by atoms with van der Waals surface area (Å²) in [5, 5.41) is 0. The Balaban J connectivity index is 2.14. The minimum Gasteiger partial charge on any atom is -0.322 e. The van der Waals surface area contributed by atoms with Crippen molar-refractivity contribution in [1.29, 1.82) is 0 Å². The second kappa shape index (κ2) is 7.10. The van der Waals surface area contributed by atoms with Crippen molar-refractivity contribution in [2.45, 2.75) is 34.6 Å². The Kier molecular flexibility index (Phi) is 4.87. The summed E-state index contributed by atoms with van der Waals surface area (Å²) < 4.78 is 2.17.